The van der Waals surface area contributed by atoms with Crippen molar-refractivity contribution in [3.8, 4) is 0 Å². The van der Waals surface area contributed by atoms with Crippen molar-refractivity contribution in [2.24, 2.45) is 0 Å². The lowest BCUT2D eigenvalue weighted by atomic mass is 10.0. The summed E-state index contributed by atoms with van der Waals surface area (Å²) in [5, 5.41) is 3.18. The number of fused-ring (bicyclic) bond motifs is 1. The first-order chi connectivity index (χ1) is 9.63. The first kappa shape index (κ1) is 12.5. The maximum atomic E-state index is 5.88. The van der Waals surface area contributed by atoms with Crippen LogP contribution >= 0.6 is 0 Å². The van der Waals surface area contributed by atoms with Crippen LogP contribution in [0.3, 0.4) is 0 Å². The Labute approximate surface area is 117 Å². The number of hydrogen-bond acceptors (Lipinski definition) is 4. The molecule has 0 radical (unpaired) electrons. The second-order valence-corrected chi connectivity index (χ2v) is 5.12. The minimum Gasteiger partial charge on any atom is -0.423 e. The van der Waals surface area contributed by atoms with Crippen LogP contribution in [-0.2, 0) is 0 Å². The number of oxazole rings is 1. The lowest BCUT2D eigenvalue weighted by Gasteiger charge is -2.07. The highest BCUT2D eigenvalue weighted by atomic mass is 16.4. The van der Waals surface area contributed by atoms with Crippen LogP contribution in [0, 0.1) is 0 Å². The molecule has 0 unspecified atom stereocenters. The third-order valence-corrected chi connectivity index (χ3v) is 3.25. The van der Waals surface area contributed by atoms with E-state index in [4.69, 9.17) is 10.2 Å². The van der Waals surface area contributed by atoms with Crippen molar-refractivity contribution < 1.29 is 4.42 Å². The van der Waals surface area contributed by atoms with Gasteiger partial charge < -0.3 is 15.5 Å². The topological polar surface area (TPSA) is 64.1 Å². The Bertz CT molecular complexity index is 746. The maximum Gasteiger partial charge on any atom is 0.300 e. The number of nitrogen functional groups attached to an aromatic ring is 1. The average Bonchev–Trinajstić information content (AvgIpc) is 2.83. The third-order valence-electron chi connectivity index (χ3n) is 3.25. The summed E-state index contributed by atoms with van der Waals surface area (Å²) in [6, 6.07) is 14.2. The van der Waals surface area contributed by atoms with E-state index in [1.54, 1.807) is 0 Å². The zero-order valence-corrected chi connectivity index (χ0v) is 11.6. The van der Waals surface area contributed by atoms with Crippen molar-refractivity contribution in [3.63, 3.8) is 0 Å². The monoisotopic (exact) mass is 267 g/mol. The minimum absolute atomic E-state index is 0.457. The minimum atomic E-state index is 0.457. The van der Waals surface area contributed by atoms with Crippen molar-refractivity contribution in [1.82, 2.24) is 4.98 Å². The number of rotatable bonds is 3. The van der Waals surface area contributed by atoms with E-state index in [1.165, 1.54) is 5.56 Å². The van der Waals surface area contributed by atoms with Gasteiger partial charge in [-0.05, 0) is 35.7 Å². The Morgan fingerprint density at radius 3 is 2.70 bits per heavy atom. The molecule has 102 valence electrons. The van der Waals surface area contributed by atoms with Gasteiger partial charge in [-0.3, -0.25) is 0 Å². The summed E-state index contributed by atoms with van der Waals surface area (Å²) < 4.78 is 5.65. The van der Waals surface area contributed by atoms with Crippen molar-refractivity contribution in [2.75, 3.05) is 11.1 Å². The standard InChI is InChI=1S/C16H17N3O/c1-10(2)11-5-3-6-12(9-11)18-16-19-15-13(17)7-4-8-14(15)20-16/h3-10H,17H2,1-2H3,(H,18,19). The predicted molar refractivity (Wildman–Crippen MR) is 82.2 cm³/mol. The van der Waals surface area contributed by atoms with Crippen LogP contribution in [0.1, 0.15) is 25.3 Å². The van der Waals surface area contributed by atoms with E-state index in [-0.39, 0.29) is 0 Å². The summed E-state index contributed by atoms with van der Waals surface area (Å²) in [5.74, 6) is 0.482. The second kappa shape index (κ2) is 4.89. The quantitative estimate of drug-likeness (QED) is 0.695. The Kier molecular flexibility index (Phi) is 3.06. The Balaban J connectivity index is 1.93. The zero-order valence-electron chi connectivity index (χ0n) is 11.6. The number of para-hydroxylation sites is 1. The van der Waals surface area contributed by atoms with Crippen LogP contribution in [0.5, 0.6) is 0 Å². The highest BCUT2D eigenvalue weighted by molar-refractivity contribution is 5.86. The summed E-state index contributed by atoms with van der Waals surface area (Å²) in [5.41, 5.74) is 10.1. The third kappa shape index (κ3) is 2.32. The Morgan fingerprint density at radius 1 is 1.15 bits per heavy atom. The maximum absolute atomic E-state index is 5.88. The van der Waals surface area contributed by atoms with Gasteiger partial charge in [0, 0.05) is 5.69 Å². The van der Waals surface area contributed by atoms with E-state index in [9.17, 15) is 0 Å². The van der Waals surface area contributed by atoms with Gasteiger partial charge in [-0.1, -0.05) is 32.0 Å². The Hall–Kier alpha value is -2.49. The number of nitrogens with one attached hydrogen (secondary N) is 1. The second-order valence-electron chi connectivity index (χ2n) is 5.12. The molecule has 0 saturated heterocycles. The molecule has 3 N–H and O–H groups in total. The molecule has 4 heteroatoms. The molecule has 3 rings (SSSR count). The predicted octanol–water partition coefficient (Wildman–Crippen LogP) is 4.28. The number of nitrogens with two attached hydrogens (primary N) is 1. The van der Waals surface area contributed by atoms with E-state index in [2.05, 4.69) is 36.3 Å². The van der Waals surface area contributed by atoms with Gasteiger partial charge in [-0.25, -0.2) is 0 Å². The average molecular weight is 267 g/mol. The Morgan fingerprint density at radius 2 is 1.95 bits per heavy atom. The summed E-state index contributed by atoms with van der Waals surface area (Å²) in [4.78, 5) is 4.38. The number of aromatic nitrogens is 1. The molecule has 0 atom stereocenters. The molecule has 0 amide bonds. The molecule has 0 fully saturated rings. The number of anilines is 3. The fourth-order valence-electron chi connectivity index (χ4n) is 2.12. The van der Waals surface area contributed by atoms with Crippen LogP contribution in [0.4, 0.5) is 17.4 Å². The molecule has 20 heavy (non-hydrogen) atoms. The molecule has 2 aromatic carbocycles. The smallest absolute Gasteiger partial charge is 0.300 e. The van der Waals surface area contributed by atoms with E-state index in [0.29, 0.717) is 28.7 Å². The van der Waals surface area contributed by atoms with Crippen molar-refractivity contribution >= 4 is 28.5 Å². The SMILES string of the molecule is CC(C)c1cccc(Nc2nc3c(N)cccc3o2)c1. The number of hydrogen-bond donors (Lipinski definition) is 2. The van der Waals surface area contributed by atoms with Crippen molar-refractivity contribution in [1.29, 1.82) is 0 Å². The molecule has 0 bridgehead atoms. The van der Waals surface area contributed by atoms with Crippen LogP contribution in [0.25, 0.3) is 11.1 Å². The largest absolute Gasteiger partial charge is 0.423 e. The van der Waals surface area contributed by atoms with Crippen molar-refractivity contribution in [3.05, 3.63) is 48.0 Å². The van der Waals surface area contributed by atoms with Crippen molar-refractivity contribution in [2.45, 2.75) is 19.8 Å². The molecular weight excluding hydrogens is 250 g/mol. The first-order valence-electron chi connectivity index (χ1n) is 6.65. The first-order valence-corrected chi connectivity index (χ1v) is 6.65. The van der Waals surface area contributed by atoms with Gasteiger partial charge in [-0.15, -0.1) is 0 Å². The summed E-state index contributed by atoms with van der Waals surface area (Å²) in [6.07, 6.45) is 0. The fourth-order valence-corrected chi connectivity index (χ4v) is 2.12. The lowest BCUT2D eigenvalue weighted by Crippen LogP contribution is -1.93. The van der Waals surface area contributed by atoms with Gasteiger partial charge in [0.2, 0.25) is 0 Å². The summed E-state index contributed by atoms with van der Waals surface area (Å²) in [6.45, 7) is 4.33. The normalized spacial score (nSPS) is 11.2. The van der Waals surface area contributed by atoms with Gasteiger partial charge in [-0.2, -0.15) is 4.98 Å². The molecule has 1 heterocycles. The summed E-state index contributed by atoms with van der Waals surface area (Å²) >= 11 is 0. The van der Waals surface area contributed by atoms with E-state index >= 15 is 0 Å². The van der Waals surface area contributed by atoms with Gasteiger partial charge in [0.15, 0.2) is 5.58 Å². The van der Waals surface area contributed by atoms with Gasteiger partial charge in [0.1, 0.15) is 5.52 Å². The molecule has 0 aliphatic carbocycles. The molecule has 0 aliphatic heterocycles. The highest BCUT2D eigenvalue weighted by Gasteiger charge is 2.08. The molecular formula is C16H17N3O. The van der Waals surface area contributed by atoms with Crippen LogP contribution in [0.15, 0.2) is 46.9 Å². The molecule has 4 nitrogen and oxygen atoms in total. The lowest BCUT2D eigenvalue weighted by molar-refractivity contribution is 0.623. The van der Waals surface area contributed by atoms with Crippen LogP contribution < -0.4 is 11.1 Å². The number of benzene rings is 2. The number of nitrogens with zero attached hydrogens (tertiary/aromatic N) is 1. The van der Waals surface area contributed by atoms with Crippen LogP contribution in [-0.4, -0.2) is 4.98 Å². The van der Waals surface area contributed by atoms with Crippen LogP contribution in [0.2, 0.25) is 0 Å². The zero-order chi connectivity index (χ0) is 14.1. The summed E-state index contributed by atoms with van der Waals surface area (Å²) in [7, 11) is 0. The highest BCUT2D eigenvalue weighted by Crippen LogP contribution is 2.26. The molecule has 0 saturated carbocycles. The van der Waals surface area contributed by atoms with E-state index in [0.717, 1.165) is 5.69 Å². The molecule has 0 aliphatic rings. The van der Waals surface area contributed by atoms with E-state index in [1.807, 2.05) is 30.3 Å². The van der Waals surface area contributed by atoms with Gasteiger partial charge in [0.25, 0.3) is 6.01 Å². The molecule has 0 spiro atoms. The van der Waals surface area contributed by atoms with Gasteiger partial charge in [0.05, 0.1) is 5.69 Å². The fraction of sp³-hybridized carbons (Fsp3) is 0.188. The van der Waals surface area contributed by atoms with E-state index < -0.39 is 0 Å². The molecule has 3 aromatic rings. The molecule has 1 aromatic heterocycles. The van der Waals surface area contributed by atoms with Gasteiger partial charge >= 0.3 is 0 Å².